The lowest BCUT2D eigenvalue weighted by Gasteiger charge is -2.01. The summed E-state index contributed by atoms with van der Waals surface area (Å²) in [5, 5.41) is 0. The van der Waals surface area contributed by atoms with Crippen LogP contribution in [0.15, 0.2) is 24.5 Å². The van der Waals surface area contributed by atoms with Gasteiger partial charge in [0.1, 0.15) is 0 Å². The third-order valence-electron chi connectivity index (χ3n) is 1.38. The topological polar surface area (TPSA) is 56.0 Å². The van der Waals surface area contributed by atoms with E-state index in [4.69, 9.17) is 5.73 Å². The van der Waals surface area contributed by atoms with Gasteiger partial charge in [-0.1, -0.05) is 0 Å². The van der Waals surface area contributed by atoms with Gasteiger partial charge in [-0.2, -0.15) is 0 Å². The minimum atomic E-state index is -0.433. The van der Waals surface area contributed by atoms with Crippen molar-refractivity contribution in [3.05, 3.63) is 30.1 Å². The molecule has 66 valence electrons. The zero-order valence-electron chi connectivity index (χ0n) is 6.73. The second-order valence-electron chi connectivity index (χ2n) is 2.39. The molecule has 0 radical (unpaired) electrons. The van der Waals surface area contributed by atoms with Gasteiger partial charge in [0.15, 0.2) is 5.78 Å². The Labute approximate surface area is 77.4 Å². The van der Waals surface area contributed by atoms with Crippen LogP contribution >= 0.6 is 12.4 Å². The molecule has 3 nitrogen and oxygen atoms in total. The molecule has 0 aliphatic rings. The highest BCUT2D eigenvalue weighted by atomic mass is 35.5. The molecule has 1 aromatic rings. The Bertz CT molecular complexity index is 248. The van der Waals surface area contributed by atoms with Crippen molar-refractivity contribution >= 4 is 18.2 Å². The van der Waals surface area contributed by atoms with Crippen LogP contribution in [-0.2, 0) is 0 Å². The van der Waals surface area contributed by atoms with Crippen molar-refractivity contribution in [3.8, 4) is 0 Å². The average molecular weight is 187 g/mol. The smallest absolute Gasteiger partial charge is 0.179 e. The predicted molar refractivity (Wildman–Crippen MR) is 49.5 cm³/mol. The number of carbonyl (C=O) groups is 1. The fourth-order valence-corrected chi connectivity index (χ4v) is 0.779. The van der Waals surface area contributed by atoms with Crippen molar-refractivity contribution in [2.75, 3.05) is 0 Å². The van der Waals surface area contributed by atoms with E-state index >= 15 is 0 Å². The first-order valence-corrected chi connectivity index (χ1v) is 3.41. The molecule has 0 aliphatic heterocycles. The van der Waals surface area contributed by atoms with E-state index in [-0.39, 0.29) is 18.2 Å². The van der Waals surface area contributed by atoms with Gasteiger partial charge >= 0.3 is 0 Å². The second-order valence-corrected chi connectivity index (χ2v) is 2.39. The third kappa shape index (κ3) is 2.60. The van der Waals surface area contributed by atoms with Gasteiger partial charge in [0.25, 0.3) is 0 Å². The van der Waals surface area contributed by atoms with Gasteiger partial charge in [-0.15, -0.1) is 12.4 Å². The van der Waals surface area contributed by atoms with Gasteiger partial charge in [0.2, 0.25) is 0 Å². The molecular weight excluding hydrogens is 176 g/mol. The Morgan fingerprint density at radius 1 is 1.50 bits per heavy atom. The summed E-state index contributed by atoms with van der Waals surface area (Å²) in [7, 11) is 0. The van der Waals surface area contributed by atoms with Crippen LogP contribution < -0.4 is 5.73 Å². The molecule has 12 heavy (non-hydrogen) atoms. The molecule has 0 bridgehead atoms. The lowest BCUT2D eigenvalue weighted by atomic mass is 10.1. The molecule has 0 saturated carbocycles. The first-order chi connectivity index (χ1) is 5.22. The lowest BCUT2D eigenvalue weighted by molar-refractivity contribution is 0.0968. The third-order valence-corrected chi connectivity index (χ3v) is 1.38. The highest BCUT2D eigenvalue weighted by molar-refractivity contribution is 5.99. The summed E-state index contributed by atoms with van der Waals surface area (Å²) in [4.78, 5) is 15.0. The van der Waals surface area contributed by atoms with E-state index in [2.05, 4.69) is 4.98 Å². The van der Waals surface area contributed by atoms with E-state index in [0.29, 0.717) is 5.56 Å². The van der Waals surface area contributed by atoms with Gasteiger partial charge in [0, 0.05) is 18.0 Å². The number of rotatable bonds is 2. The predicted octanol–water partition coefficient (Wildman–Crippen LogP) is 1.03. The quantitative estimate of drug-likeness (QED) is 0.702. The van der Waals surface area contributed by atoms with Gasteiger partial charge in [0.05, 0.1) is 6.04 Å². The molecule has 0 aromatic carbocycles. The lowest BCUT2D eigenvalue weighted by Crippen LogP contribution is -2.26. The summed E-state index contributed by atoms with van der Waals surface area (Å²) in [5.74, 6) is -0.0487. The van der Waals surface area contributed by atoms with Gasteiger partial charge in [-0.3, -0.25) is 9.78 Å². The Balaban J connectivity index is 0.00000121. The second kappa shape index (κ2) is 4.85. The molecule has 1 rings (SSSR count). The number of Topliss-reactive ketones (excluding diaryl/α,β-unsaturated/α-hetero) is 1. The van der Waals surface area contributed by atoms with E-state index in [1.807, 2.05) is 0 Å². The Morgan fingerprint density at radius 2 is 2.00 bits per heavy atom. The molecule has 1 unspecified atom stereocenters. The fourth-order valence-electron chi connectivity index (χ4n) is 0.779. The largest absolute Gasteiger partial charge is 0.321 e. The maximum Gasteiger partial charge on any atom is 0.179 e. The van der Waals surface area contributed by atoms with Crippen LogP contribution in [0.5, 0.6) is 0 Å². The standard InChI is InChI=1S/C8H10N2O.ClH/c1-6(9)8(11)7-2-4-10-5-3-7;/h2-6H,9H2,1H3;1H. The molecule has 0 fully saturated rings. The van der Waals surface area contributed by atoms with Gasteiger partial charge in [-0.05, 0) is 19.1 Å². The number of aromatic nitrogens is 1. The molecular formula is C8H11ClN2O. The molecule has 2 N–H and O–H groups in total. The summed E-state index contributed by atoms with van der Waals surface area (Å²) < 4.78 is 0. The van der Waals surface area contributed by atoms with Crippen LogP contribution in [-0.4, -0.2) is 16.8 Å². The van der Waals surface area contributed by atoms with Crippen molar-refractivity contribution in [1.29, 1.82) is 0 Å². The van der Waals surface area contributed by atoms with E-state index < -0.39 is 6.04 Å². The van der Waals surface area contributed by atoms with E-state index in [9.17, 15) is 4.79 Å². The van der Waals surface area contributed by atoms with Crippen LogP contribution in [0.2, 0.25) is 0 Å². The SMILES string of the molecule is CC(N)C(=O)c1ccncc1.Cl. The summed E-state index contributed by atoms with van der Waals surface area (Å²) in [6.07, 6.45) is 3.16. The van der Waals surface area contributed by atoms with Crippen LogP contribution in [0.3, 0.4) is 0 Å². The van der Waals surface area contributed by atoms with Crippen LogP contribution in [0.25, 0.3) is 0 Å². The minimum Gasteiger partial charge on any atom is -0.321 e. The van der Waals surface area contributed by atoms with Crippen LogP contribution in [0.1, 0.15) is 17.3 Å². The number of ketones is 1. The van der Waals surface area contributed by atoms with Crippen molar-refractivity contribution < 1.29 is 4.79 Å². The van der Waals surface area contributed by atoms with Gasteiger partial charge < -0.3 is 5.73 Å². The van der Waals surface area contributed by atoms with E-state index in [1.165, 1.54) is 0 Å². The first kappa shape index (κ1) is 11.1. The van der Waals surface area contributed by atoms with Crippen molar-refractivity contribution in [3.63, 3.8) is 0 Å². The number of carbonyl (C=O) groups excluding carboxylic acids is 1. The fraction of sp³-hybridized carbons (Fsp3) is 0.250. The van der Waals surface area contributed by atoms with Crippen LogP contribution in [0.4, 0.5) is 0 Å². The zero-order valence-corrected chi connectivity index (χ0v) is 7.54. The molecule has 0 spiro atoms. The molecule has 0 saturated heterocycles. The molecule has 1 atom stereocenters. The maximum atomic E-state index is 11.2. The summed E-state index contributed by atoms with van der Waals surface area (Å²) in [6.45, 7) is 1.67. The highest BCUT2D eigenvalue weighted by Crippen LogP contribution is 1.99. The van der Waals surface area contributed by atoms with Crippen molar-refractivity contribution in [2.45, 2.75) is 13.0 Å². The number of halogens is 1. The highest BCUT2D eigenvalue weighted by Gasteiger charge is 2.08. The minimum absolute atomic E-state index is 0. The zero-order chi connectivity index (χ0) is 8.27. The number of nitrogens with zero attached hydrogens (tertiary/aromatic N) is 1. The maximum absolute atomic E-state index is 11.2. The van der Waals surface area contributed by atoms with E-state index in [1.54, 1.807) is 31.5 Å². The molecule has 0 amide bonds. The average Bonchev–Trinajstić information content (AvgIpc) is 2.05. The summed E-state index contributed by atoms with van der Waals surface area (Å²) >= 11 is 0. The molecule has 0 aliphatic carbocycles. The van der Waals surface area contributed by atoms with E-state index in [0.717, 1.165) is 0 Å². The normalized spacial score (nSPS) is 11.5. The summed E-state index contributed by atoms with van der Waals surface area (Å²) in [5.41, 5.74) is 6.02. The first-order valence-electron chi connectivity index (χ1n) is 3.41. The number of hydrogen-bond donors (Lipinski definition) is 1. The number of pyridine rings is 1. The molecule has 1 heterocycles. The molecule has 4 heteroatoms. The number of nitrogens with two attached hydrogens (primary N) is 1. The Kier molecular flexibility index (Phi) is 4.47. The molecule has 1 aromatic heterocycles. The van der Waals surface area contributed by atoms with Gasteiger partial charge in [-0.25, -0.2) is 0 Å². The van der Waals surface area contributed by atoms with Crippen molar-refractivity contribution in [2.24, 2.45) is 5.73 Å². The van der Waals surface area contributed by atoms with Crippen molar-refractivity contribution in [1.82, 2.24) is 4.98 Å². The van der Waals surface area contributed by atoms with Crippen LogP contribution in [0, 0.1) is 0 Å². The Hall–Kier alpha value is -0.930. The Morgan fingerprint density at radius 3 is 2.42 bits per heavy atom. The monoisotopic (exact) mass is 186 g/mol. The summed E-state index contributed by atoms with van der Waals surface area (Å²) in [6, 6.07) is 2.88. The number of hydrogen-bond acceptors (Lipinski definition) is 3.